The van der Waals surface area contributed by atoms with Gasteiger partial charge in [-0.2, -0.15) is 0 Å². The molecule has 1 heterocycles. The topological polar surface area (TPSA) is 120 Å². The summed E-state index contributed by atoms with van der Waals surface area (Å²) in [7, 11) is 0. The molecule has 0 fully saturated rings. The Morgan fingerprint density at radius 1 is 1.27 bits per heavy atom. The number of hydrogen-bond acceptors (Lipinski definition) is 7. The zero-order valence-corrected chi connectivity index (χ0v) is 12.6. The summed E-state index contributed by atoms with van der Waals surface area (Å²) in [5, 5.41) is 36.8. The Kier molecular flexibility index (Phi) is 7.97. The minimum absolute atomic E-state index is 0.102. The van der Waals surface area contributed by atoms with Gasteiger partial charge in [-0.25, -0.2) is 9.78 Å². The lowest BCUT2D eigenvalue weighted by Gasteiger charge is -2.21. The van der Waals surface area contributed by atoms with Gasteiger partial charge < -0.3 is 25.2 Å². The number of esters is 1. The van der Waals surface area contributed by atoms with E-state index in [0.717, 1.165) is 24.8 Å². The number of aromatic nitrogens is 1. The molecule has 1 aromatic heterocycles. The van der Waals surface area contributed by atoms with Crippen LogP contribution in [0.3, 0.4) is 0 Å². The van der Waals surface area contributed by atoms with Gasteiger partial charge in [0.15, 0.2) is 0 Å². The van der Waals surface area contributed by atoms with Gasteiger partial charge in [0.25, 0.3) is 0 Å². The van der Waals surface area contributed by atoms with Crippen molar-refractivity contribution in [2.45, 2.75) is 44.5 Å². The van der Waals surface area contributed by atoms with Crippen molar-refractivity contribution < 1.29 is 30.0 Å². The van der Waals surface area contributed by atoms with Crippen LogP contribution in [0.15, 0.2) is 18.3 Å². The summed E-state index contributed by atoms with van der Waals surface area (Å²) in [6.07, 6.45) is 0.0317. The molecule has 0 saturated heterocycles. The number of nitrogens with zero attached hydrogens (tertiary/aromatic N) is 1. The van der Waals surface area contributed by atoms with E-state index in [-0.39, 0.29) is 5.69 Å². The average molecular weight is 313 g/mol. The first-order valence-electron chi connectivity index (χ1n) is 7.26. The molecular weight excluding hydrogens is 290 g/mol. The fourth-order valence-corrected chi connectivity index (χ4v) is 1.77. The van der Waals surface area contributed by atoms with Gasteiger partial charge in [0.05, 0.1) is 6.61 Å². The summed E-state index contributed by atoms with van der Waals surface area (Å²) >= 11 is 0. The second-order valence-electron chi connectivity index (χ2n) is 5.06. The van der Waals surface area contributed by atoms with Crippen LogP contribution < -0.4 is 0 Å². The normalized spacial score (nSPS) is 15.1. The van der Waals surface area contributed by atoms with Crippen LogP contribution >= 0.6 is 0 Å². The number of rotatable bonds is 9. The van der Waals surface area contributed by atoms with Crippen molar-refractivity contribution >= 4 is 5.97 Å². The van der Waals surface area contributed by atoms with Gasteiger partial charge in [0.2, 0.25) is 0 Å². The third-order valence-corrected chi connectivity index (χ3v) is 3.21. The van der Waals surface area contributed by atoms with Crippen molar-refractivity contribution in [3.63, 3.8) is 0 Å². The Balaban J connectivity index is 2.48. The van der Waals surface area contributed by atoms with Gasteiger partial charge in [0, 0.05) is 6.20 Å². The second-order valence-corrected chi connectivity index (χ2v) is 5.06. The zero-order valence-electron chi connectivity index (χ0n) is 12.6. The molecule has 0 aliphatic carbocycles. The van der Waals surface area contributed by atoms with Crippen LogP contribution in [0.2, 0.25) is 0 Å². The predicted molar refractivity (Wildman–Crippen MR) is 78.2 cm³/mol. The van der Waals surface area contributed by atoms with E-state index in [9.17, 15) is 15.0 Å². The molecule has 0 unspecified atom stereocenters. The summed E-state index contributed by atoms with van der Waals surface area (Å²) in [4.78, 5) is 15.7. The molecule has 3 atom stereocenters. The van der Waals surface area contributed by atoms with E-state index in [1.165, 1.54) is 0 Å². The maximum Gasteiger partial charge on any atom is 0.357 e. The van der Waals surface area contributed by atoms with Crippen LogP contribution in [-0.2, 0) is 11.2 Å². The van der Waals surface area contributed by atoms with Gasteiger partial charge in [0.1, 0.15) is 30.6 Å². The number of aliphatic hydroxyl groups excluding tert-OH is 4. The lowest BCUT2D eigenvalue weighted by atomic mass is 10.1. The molecular formula is C15H23NO6. The molecule has 0 aliphatic heterocycles. The maximum atomic E-state index is 11.7. The van der Waals surface area contributed by atoms with Crippen molar-refractivity contribution in [1.29, 1.82) is 0 Å². The van der Waals surface area contributed by atoms with Crippen LogP contribution in [0.25, 0.3) is 0 Å². The smallest absolute Gasteiger partial charge is 0.357 e. The third-order valence-electron chi connectivity index (χ3n) is 3.21. The minimum atomic E-state index is -1.60. The van der Waals surface area contributed by atoms with E-state index in [0.29, 0.717) is 0 Å². The van der Waals surface area contributed by atoms with E-state index in [4.69, 9.17) is 14.9 Å². The molecule has 4 N–H and O–H groups in total. The lowest BCUT2D eigenvalue weighted by Crippen LogP contribution is -2.42. The monoisotopic (exact) mass is 313 g/mol. The number of aliphatic hydroxyl groups is 4. The molecule has 0 aliphatic rings. The first-order valence-corrected chi connectivity index (χ1v) is 7.26. The van der Waals surface area contributed by atoms with E-state index in [1.54, 1.807) is 18.3 Å². The first-order chi connectivity index (χ1) is 10.5. The van der Waals surface area contributed by atoms with E-state index >= 15 is 0 Å². The zero-order chi connectivity index (χ0) is 16.5. The van der Waals surface area contributed by atoms with Crippen molar-refractivity contribution in [3.05, 3.63) is 29.6 Å². The molecule has 22 heavy (non-hydrogen) atoms. The maximum absolute atomic E-state index is 11.7. The van der Waals surface area contributed by atoms with Gasteiger partial charge in [-0.3, -0.25) is 0 Å². The van der Waals surface area contributed by atoms with Gasteiger partial charge in [-0.1, -0.05) is 19.4 Å². The highest BCUT2D eigenvalue weighted by Gasteiger charge is 2.25. The van der Waals surface area contributed by atoms with Gasteiger partial charge in [-0.15, -0.1) is 0 Å². The van der Waals surface area contributed by atoms with Gasteiger partial charge in [-0.05, 0) is 24.5 Å². The Morgan fingerprint density at radius 2 is 2.00 bits per heavy atom. The molecule has 0 saturated carbocycles. The fraction of sp³-hybridized carbons (Fsp3) is 0.600. The number of hydrogen-bond donors (Lipinski definition) is 4. The van der Waals surface area contributed by atoms with Crippen LogP contribution in [-0.4, -0.2) is 62.9 Å². The molecule has 1 aromatic rings. The van der Waals surface area contributed by atoms with Crippen LogP contribution in [0.1, 0.15) is 35.8 Å². The van der Waals surface area contributed by atoms with Crippen LogP contribution in [0.5, 0.6) is 0 Å². The van der Waals surface area contributed by atoms with E-state index < -0.39 is 37.5 Å². The van der Waals surface area contributed by atoms with Gasteiger partial charge >= 0.3 is 5.97 Å². The third kappa shape index (κ3) is 5.69. The molecule has 124 valence electrons. The Bertz CT molecular complexity index is 450. The highest BCUT2D eigenvalue weighted by atomic mass is 16.5. The first kappa shape index (κ1) is 18.5. The average Bonchev–Trinajstić information content (AvgIpc) is 2.56. The highest BCUT2D eigenvalue weighted by Crippen LogP contribution is 2.07. The van der Waals surface area contributed by atoms with Crippen molar-refractivity contribution in [3.8, 4) is 0 Å². The minimum Gasteiger partial charge on any atom is -0.458 e. The fourth-order valence-electron chi connectivity index (χ4n) is 1.77. The van der Waals surface area contributed by atoms with E-state index in [2.05, 4.69) is 11.9 Å². The van der Waals surface area contributed by atoms with Crippen LogP contribution in [0.4, 0.5) is 0 Å². The number of unbranched alkanes of at least 4 members (excludes halogenated alkanes) is 1. The predicted octanol–water partition coefficient (Wildman–Crippen LogP) is -0.344. The summed E-state index contributed by atoms with van der Waals surface area (Å²) in [6.45, 7) is 0.885. The molecule has 0 bridgehead atoms. The van der Waals surface area contributed by atoms with Crippen molar-refractivity contribution in [2.24, 2.45) is 0 Å². The Hall–Kier alpha value is -1.54. The standard InChI is InChI=1S/C15H23NO6/c1-2-3-4-10-5-6-11(16-7-10)15(21)22-9-13(19)14(20)12(18)8-17/h5-7,12-14,17-20H,2-4,8-9H2,1H3/t12-,13-,14-/m1/s1. The molecule has 7 heteroatoms. The highest BCUT2D eigenvalue weighted by molar-refractivity contribution is 5.87. The summed E-state index contributed by atoms with van der Waals surface area (Å²) in [6, 6.07) is 3.33. The molecule has 0 radical (unpaired) electrons. The molecule has 7 nitrogen and oxygen atoms in total. The Morgan fingerprint density at radius 3 is 2.55 bits per heavy atom. The van der Waals surface area contributed by atoms with Crippen LogP contribution in [0, 0.1) is 0 Å². The van der Waals surface area contributed by atoms with Crippen molar-refractivity contribution in [2.75, 3.05) is 13.2 Å². The summed E-state index contributed by atoms with van der Waals surface area (Å²) in [5.41, 5.74) is 1.13. The SMILES string of the molecule is CCCCc1ccc(C(=O)OC[C@@H](O)[C@H](O)[C@H](O)CO)nc1. The lowest BCUT2D eigenvalue weighted by molar-refractivity contribution is -0.0926. The number of carbonyl (C=O) groups is 1. The number of carbonyl (C=O) groups excluding carboxylic acids is 1. The van der Waals surface area contributed by atoms with E-state index in [1.807, 2.05) is 0 Å². The van der Waals surface area contributed by atoms with Crippen molar-refractivity contribution in [1.82, 2.24) is 4.98 Å². The summed E-state index contributed by atoms with van der Waals surface area (Å²) in [5.74, 6) is -0.730. The Labute approximate surface area is 129 Å². The molecule has 0 aromatic carbocycles. The molecule has 0 amide bonds. The molecule has 1 rings (SSSR count). The largest absolute Gasteiger partial charge is 0.458 e. The second kappa shape index (κ2) is 9.47. The summed E-state index contributed by atoms with van der Waals surface area (Å²) < 4.78 is 4.82. The quantitative estimate of drug-likeness (QED) is 0.460. The number of ether oxygens (including phenoxy) is 1. The number of aryl methyl sites for hydroxylation is 1. The molecule has 0 spiro atoms. The number of pyridine rings is 1.